The highest BCUT2D eigenvalue weighted by atomic mass is 35.5. The Kier molecular flexibility index (Phi) is 3.92. The Morgan fingerprint density at radius 3 is 2.75 bits per heavy atom. The van der Waals surface area contributed by atoms with Crippen LogP contribution in [-0.2, 0) is 16.6 Å². The number of hydrogen-bond donors (Lipinski definition) is 2. The summed E-state index contributed by atoms with van der Waals surface area (Å²) in [6, 6.07) is 4.98. The number of aromatic nitrogens is 2. The molecule has 0 aliphatic heterocycles. The summed E-state index contributed by atoms with van der Waals surface area (Å²) in [5, 5.41) is 4.38. The van der Waals surface area contributed by atoms with Crippen LogP contribution in [0.15, 0.2) is 29.3 Å². The topological polar surface area (TPSA) is 90.0 Å². The molecule has 0 fully saturated rings. The van der Waals surface area contributed by atoms with Crippen LogP contribution in [0.25, 0.3) is 0 Å². The minimum atomic E-state index is -3.79. The fourth-order valence-corrected chi connectivity index (χ4v) is 3.06. The number of rotatable bonds is 4. The van der Waals surface area contributed by atoms with Gasteiger partial charge in [-0.1, -0.05) is 17.7 Å². The first-order valence-corrected chi connectivity index (χ1v) is 7.81. The number of benzene rings is 1. The van der Waals surface area contributed by atoms with Gasteiger partial charge in [-0.15, -0.1) is 0 Å². The van der Waals surface area contributed by atoms with Crippen molar-refractivity contribution in [1.82, 2.24) is 9.78 Å². The first kappa shape index (κ1) is 14.7. The molecule has 1 aromatic carbocycles. The molecule has 0 saturated carbocycles. The molecular weight excluding hydrogens is 300 g/mol. The first-order valence-electron chi connectivity index (χ1n) is 5.95. The van der Waals surface area contributed by atoms with Crippen LogP contribution >= 0.6 is 11.6 Å². The molecule has 0 spiro atoms. The number of aryl methyl sites for hydroxylation is 2. The van der Waals surface area contributed by atoms with Crippen molar-refractivity contribution in [2.75, 3.05) is 10.5 Å². The lowest BCUT2D eigenvalue weighted by Crippen LogP contribution is -2.14. The van der Waals surface area contributed by atoms with Crippen LogP contribution in [0.4, 0.5) is 11.5 Å². The zero-order valence-corrected chi connectivity index (χ0v) is 12.7. The third-order valence-corrected chi connectivity index (χ3v) is 4.43. The third-order valence-electron chi connectivity index (χ3n) is 2.81. The van der Waals surface area contributed by atoms with E-state index in [1.54, 1.807) is 25.1 Å². The Labute approximate surface area is 122 Å². The molecule has 108 valence electrons. The lowest BCUT2D eigenvalue weighted by atomic mass is 10.2. The average molecular weight is 315 g/mol. The van der Waals surface area contributed by atoms with Gasteiger partial charge < -0.3 is 5.73 Å². The number of nitrogens with one attached hydrogen (secondary N) is 1. The van der Waals surface area contributed by atoms with E-state index in [9.17, 15) is 8.42 Å². The number of nitrogens with two attached hydrogens (primary N) is 1. The molecule has 0 saturated heterocycles. The third kappa shape index (κ3) is 2.88. The highest BCUT2D eigenvalue weighted by Gasteiger charge is 2.21. The smallest absolute Gasteiger partial charge is 0.267 e. The van der Waals surface area contributed by atoms with E-state index in [0.29, 0.717) is 17.3 Å². The second-order valence-electron chi connectivity index (χ2n) is 4.30. The molecule has 0 bridgehead atoms. The maximum atomic E-state index is 12.3. The molecule has 0 amide bonds. The molecule has 0 unspecified atom stereocenters. The van der Waals surface area contributed by atoms with Crippen molar-refractivity contribution in [2.45, 2.75) is 25.3 Å². The SMILES string of the molecule is CCn1cc(S(=O)(=O)Nc2cc(Cl)ccc2C)c(N)n1. The molecular formula is C12H15ClN4O2S. The van der Waals surface area contributed by atoms with Gasteiger partial charge in [-0.05, 0) is 31.5 Å². The van der Waals surface area contributed by atoms with Gasteiger partial charge in [-0.3, -0.25) is 9.40 Å². The van der Waals surface area contributed by atoms with Crippen LogP contribution in [0.1, 0.15) is 12.5 Å². The van der Waals surface area contributed by atoms with E-state index < -0.39 is 10.0 Å². The molecule has 0 atom stereocenters. The largest absolute Gasteiger partial charge is 0.381 e. The Balaban J connectivity index is 2.40. The monoisotopic (exact) mass is 314 g/mol. The molecule has 2 aromatic rings. The van der Waals surface area contributed by atoms with Gasteiger partial charge in [-0.2, -0.15) is 5.10 Å². The van der Waals surface area contributed by atoms with Crippen LogP contribution in [0, 0.1) is 6.92 Å². The van der Waals surface area contributed by atoms with E-state index in [-0.39, 0.29) is 10.7 Å². The van der Waals surface area contributed by atoms with Crippen LogP contribution in [0.5, 0.6) is 0 Å². The Morgan fingerprint density at radius 2 is 2.15 bits per heavy atom. The fraction of sp³-hybridized carbons (Fsp3) is 0.250. The number of halogens is 1. The minimum Gasteiger partial charge on any atom is -0.381 e. The molecule has 1 aromatic heterocycles. The Morgan fingerprint density at radius 1 is 1.45 bits per heavy atom. The Hall–Kier alpha value is -1.73. The summed E-state index contributed by atoms with van der Waals surface area (Å²) in [5.74, 6) is -0.0287. The van der Waals surface area contributed by atoms with Crippen molar-refractivity contribution in [3.8, 4) is 0 Å². The maximum Gasteiger partial charge on any atom is 0.267 e. The lowest BCUT2D eigenvalue weighted by Gasteiger charge is -2.10. The molecule has 6 nitrogen and oxygen atoms in total. The zero-order chi connectivity index (χ0) is 14.9. The highest BCUT2D eigenvalue weighted by molar-refractivity contribution is 7.92. The van der Waals surface area contributed by atoms with Gasteiger partial charge in [0.1, 0.15) is 4.90 Å². The predicted octanol–water partition coefficient (Wildman–Crippen LogP) is 2.25. The molecule has 0 radical (unpaired) electrons. The highest BCUT2D eigenvalue weighted by Crippen LogP contribution is 2.25. The van der Waals surface area contributed by atoms with Crippen LogP contribution < -0.4 is 10.5 Å². The summed E-state index contributed by atoms with van der Waals surface area (Å²) in [7, 11) is -3.79. The van der Waals surface area contributed by atoms with Gasteiger partial charge in [0, 0.05) is 17.8 Å². The van der Waals surface area contributed by atoms with Crippen LogP contribution in [-0.4, -0.2) is 18.2 Å². The summed E-state index contributed by atoms with van der Waals surface area (Å²) in [6.07, 6.45) is 1.40. The van der Waals surface area contributed by atoms with Crippen molar-refractivity contribution in [1.29, 1.82) is 0 Å². The van der Waals surface area contributed by atoms with Gasteiger partial charge in [-0.25, -0.2) is 8.42 Å². The van der Waals surface area contributed by atoms with E-state index in [2.05, 4.69) is 9.82 Å². The standard InChI is InChI=1S/C12H15ClN4O2S/c1-3-17-7-11(12(14)15-17)20(18,19)16-10-6-9(13)5-4-8(10)2/h4-7,16H,3H2,1-2H3,(H2,14,15). The second-order valence-corrected chi connectivity index (χ2v) is 6.39. The number of hydrogen-bond acceptors (Lipinski definition) is 4. The minimum absolute atomic E-state index is 0.0287. The van der Waals surface area contributed by atoms with Crippen molar-refractivity contribution in [3.63, 3.8) is 0 Å². The summed E-state index contributed by atoms with van der Waals surface area (Å²) in [4.78, 5) is -0.0428. The number of sulfonamides is 1. The van der Waals surface area contributed by atoms with Crippen molar-refractivity contribution in [2.24, 2.45) is 0 Å². The number of nitrogens with zero attached hydrogens (tertiary/aromatic N) is 2. The van der Waals surface area contributed by atoms with Gasteiger partial charge in [0.05, 0.1) is 5.69 Å². The summed E-state index contributed by atoms with van der Waals surface area (Å²) < 4.78 is 28.6. The summed E-state index contributed by atoms with van der Waals surface area (Å²) >= 11 is 5.87. The molecule has 8 heteroatoms. The summed E-state index contributed by atoms with van der Waals surface area (Å²) in [6.45, 7) is 4.17. The first-order chi connectivity index (χ1) is 9.33. The van der Waals surface area contributed by atoms with Gasteiger partial charge in [0.25, 0.3) is 10.0 Å². The average Bonchev–Trinajstić information content (AvgIpc) is 2.76. The van der Waals surface area contributed by atoms with Gasteiger partial charge >= 0.3 is 0 Å². The fourth-order valence-electron chi connectivity index (χ4n) is 1.69. The Bertz CT molecular complexity index is 740. The molecule has 1 heterocycles. The van der Waals surface area contributed by atoms with E-state index >= 15 is 0 Å². The van der Waals surface area contributed by atoms with Gasteiger partial charge in [0.2, 0.25) is 0 Å². The van der Waals surface area contributed by atoms with Gasteiger partial charge in [0.15, 0.2) is 5.82 Å². The number of nitrogen functional groups attached to an aromatic ring is 1. The van der Waals surface area contributed by atoms with E-state index in [4.69, 9.17) is 17.3 Å². The van der Waals surface area contributed by atoms with E-state index in [1.165, 1.54) is 10.9 Å². The molecule has 0 aliphatic carbocycles. The number of anilines is 2. The van der Waals surface area contributed by atoms with Crippen LogP contribution in [0.2, 0.25) is 5.02 Å². The van der Waals surface area contributed by atoms with Crippen molar-refractivity contribution >= 4 is 33.1 Å². The molecule has 0 aliphatic rings. The molecule has 2 rings (SSSR count). The summed E-state index contributed by atoms with van der Waals surface area (Å²) in [5.41, 5.74) is 6.83. The normalized spacial score (nSPS) is 11.6. The van der Waals surface area contributed by atoms with E-state index in [1.807, 2.05) is 6.92 Å². The second kappa shape index (κ2) is 5.34. The maximum absolute atomic E-state index is 12.3. The van der Waals surface area contributed by atoms with E-state index in [0.717, 1.165) is 5.56 Å². The van der Waals surface area contributed by atoms with Crippen LogP contribution in [0.3, 0.4) is 0 Å². The lowest BCUT2D eigenvalue weighted by molar-refractivity contribution is 0.600. The molecule has 20 heavy (non-hydrogen) atoms. The predicted molar refractivity (Wildman–Crippen MR) is 79.3 cm³/mol. The van der Waals surface area contributed by atoms with Crippen molar-refractivity contribution in [3.05, 3.63) is 35.0 Å². The molecule has 3 N–H and O–H groups in total. The zero-order valence-electron chi connectivity index (χ0n) is 11.1. The quantitative estimate of drug-likeness (QED) is 0.905. The van der Waals surface area contributed by atoms with Crippen molar-refractivity contribution < 1.29 is 8.42 Å².